The predicted octanol–water partition coefficient (Wildman–Crippen LogP) is 5.10. The van der Waals surface area contributed by atoms with E-state index in [1.807, 2.05) is 0 Å². The fourth-order valence-corrected chi connectivity index (χ4v) is 1.91. The highest BCUT2D eigenvalue weighted by atomic mass is 19.4. The number of allylic oxidation sites excluding steroid dienone is 1. The van der Waals surface area contributed by atoms with Crippen molar-refractivity contribution in [2.75, 3.05) is 0 Å². The second kappa shape index (κ2) is 4.99. The molecule has 0 saturated carbocycles. The summed E-state index contributed by atoms with van der Waals surface area (Å²) in [6, 6.07) is 11.5. The molecule has 0 aliphatic carbocycles. The Balaban J connectivity index is 2.49. The first-order chi connectivity index (χ1) is 8.89. The van der Waals surface area contributed by atoms with Gasteiger partial charge in [-0.15, -0.1) is 0 Å². The fourth-order valence-electron chi connectivity index (χ4n) is 1.91. The van der Waals surface area contributed by atoms with Crippen molar-refractivity contribution in [2.24, 2.45) is 0 Å². The second-order valence-electron chi connectivity index (χ2n) is 4.05. The van der Waals surface area contributed by atoms with Crippen LogP contribution in [0.2, 0.25) is 0 Å². The van der Waals surface area contributed by atoms with Crippen molar-refractivity contribution in [1.82, 2.24) is 0 Å². The maximum absolute atomic E-state index is 12.5. The molecule has 0 aliphatic heterocycles. The summed E-state index contributed by atoms with van der Waals surface area (Å²) < 4.78 is 62.4. The van der Waals surface area contributed by atoms with Crippen molar-refractivity contribution < 1.29 is 22.0 Å². The summed E-state index contributed by atoms with van der Waals surface area (Å²) in [5.74, 6) is 0. The minimum absolute atomic E-state index is 0.234. The van der Waals surface area contributed by atoms with E-state index in [2.05, 4.69) is 0 Å². The molecule has 0 spiro atoms. The van der Waals surface area contributed by atoms with Crippen LogP contribution in [-0.2, 0) is 6.42 Å². The molecule has 0 radical (unpaired) electrons. The Hall–Kier alpha value is -1.91. The highest BCUT2D eigenvalue weighted by molar-refractivity contribution is 5.85. The first-order valence-corrected chi connectivity index (χ1v) is 5.47. The zero-order valence-electron chi connectivity index (χ0n) is 9.64. The lowest BCUT2D eigenvalue weighted by Gasteiger charge is -2.12. The zero-order valence-corrected chi connectivity index (χ0v) is 9.64. The Labute approximate surface area is 106 Å². The average molecular weight is 272 g/mol. The number of hydrogen-bond donors (Lipinski definition) is 0. The number of halogens is 5. The third kappa shape index (κ3) is 2.92. The van der Waals surface area contributed by atoms with Crippen molar-refractivity contribution in [2.45, 2.75) is 12.6 Å². The van der Waals surface area contributed by atoms with E-state index in [1.54, 1.807) is 36.4 Å². The third-order valence-corrected chi connectivity index (χ3v) is 2.82. The molecule has 0 atom stereocenters. The smallest absolute Gasteiger partial charge is 0.173 e. The molecule has 0 fully saturated rings. The minimum Gasteiger partial charge on any atom is -0.173 e. The number of rotatable bonds is 2. The average Bonchev–Trinajstić information content (AvgIpc) is 2.34. The van der Waals surface area contributed by atoms with E-state index in [0.29, 0.717) is 5.39 Å². The van der Waals surface area contributed by atoms with Gasteiger partial charge in [0, 0.05) is 6.42 Å². The molecule has 2 rings (SSSR count). The van der Waals surface area contributed by atoms with Crippen LogP contribution in [0.3, 0.4) is 0 Å². The molecule has 2 aromatic rings. The molecule has 0 bridgehead atoms. The Morgan fingerprint density at radius 3 is 2.16 bits per heavy atom. The quantitative estimate of drug-likeness (QED) is 0.667. The van der Waals surface area contributed by atoms with E-state index < -0.39 is 24.3 Å². The molecule has 2 aromatic carbocycles. The van der Waals surface area contributed by atoms with Gasteiger partial charge in [0.2, 0.25) is 0 Å². The van der Waals surface area contributed by atoms with Crippen LogP contribution in [0.1, 0.15) is 5.56 Å². The van der Waals surface area contributed by atoms with Gasteiger partial charge >= 0.3 is 6.18 Å². The Morgan fingerprint density at radius 2 is 1.53 bits per heavy atom. The zero-order chi connectivity index (χ0) is 14.0. The molecule has 5 heteroatoms. The van der Waals surface area contributed by atoms with Crippen LogP contribution in [0.5, 0.6) is 0 Å². The molecule has 0 saturated heterocycles. The standard InChI is InChI=1S/C14H9F5/c15-13(16)12(14(17,18)19)8-10-6-3-5-9-4-1-2-7-11(9)10/h1-7H,8H2. The number of benzene rings is 2. The maximum atomic E-state index is 12.5. The molecule has 0 nitrogen and oxygen atoms in total. The van der Waals surface area contributed by atoms with E-state index in [0.717, 1.165) is 5.39 Å². The molecule has 100 valence electrons. The fraction of sp³-hybridized carbons (Fsp3) is 0.143. The largest absolute Gasteiger partial charge is 0.418 e. The van der Waals surface area contributed by atoms with Crippen molar-refractivity contribution in [3.8, 4) is 0 Å². The van der Waals surface area contributed by atoms with Gasteiger partial charge in [-0.25, -0.2) is 0 Å². The van der Waals surface area contributed by atoms with Crippen molar-refractivity contribution in [1.29, 1.82) is 0 Å². The summed E-state index contributed by atoms with van der Waals surface area (Å²) in [6.45, 7) is 0. The monoisotopic (exact) mass is 272 g/mol. The summed E-state index contributed by atoms with van der Waals surface area (Å²) in [6.07, 6.45) is -8.52. The SMILES string of the molecule is FC(F)=C(Cc1cccc2ccccc12)C(F)(F)F. The van der Waals surface area contributed by atoms with Gasteiger partial charge in [-0.2, -0.15) is 22.0 Å². The summed E-state index contributed by atoms with van der Waals surface area (Å²) in [4.78, 5) is 0. The van der Waals surface area contributed by atoms with Crippen LogP contribution in [0, 0.1) is 0 Å². The van der Waals surface area contributed by atoms with Crippen LogP contribution in [-0.4, -0.2) is 6.18 Å². The maximum Gasteiger partial charge on any atom is 0.418 e. The summed E-state index contributed by atoms with van der Waals surface area (Å²) >= 11 is 0. The lowest BCUT2D eigenvalue weighted by atomic mass is 9.99. The van der Waals surface area contributed by atoms with Gasteiger partial charge in [-0.1, -0.05) is 42.5 Å². The van der Waals surface area contributed by atoms with Crippen LogP contribution in [0.4, 0.5) is 22.0 Å². The van der Waals surface area contributed by atoms with Crippen LogP contribution < -0.4 is 0 Å². The number of alkyl halides is 3. The van der Waals surface area contributed by atoms with E-state index in [9.17, 15) is 22.0 Å². The molecule has 0 unspecified atom stereocenters. The molecular formula is C14H9F5. The van der Waals surface area contributed by atoms with Crippen LogP contribution in [0.25, 0.3) is 10.8 Å². The lowest BCUT2D eigenvalue weighted by molar-refractivity contribution is -0.0967. The van der Waals surface area contributed by atoms with Gasteiger partial charge in [0.15, 0.2) is 0 Å². The molecule has 0 amide bonds. The Morgan fingerprint density at radius 1 is 0.895 bits per heavy atom. The number of hydrogen-bond acceptors (Lipinski definition) is 0. The van der Waals surface area contributed by atoms with E-state index >= 15 is 0 Å². The van der Waals surface area contributed by atoms with Crippen molar-refractivity contribution in [3.05, 3.63) is 59.7 Å². The van der Waals surface area contributed by atoms with E-state index in [4.69, 9.17) is 0 Å². The Kier molecular flexibility index (Phi) is 3.55. The van der Waals surface area contributed by atoms with Gasteiger partial charge in [0.05, 0.1) is 0 Å². The summed E-state index contributed by atoms with van der Waals surface area (Å²) in [5, 5.41) is 1.27. The lowest BCUT2D eigenvalue weighted by Crippen LogP contribution is -2.15. The van der Waals surface area contributed by atoms with Crippen LogP contribution in [0.15, 0.2) is 54.1 Å². The molecule has 0 heterocycles. The van der Waals surface area contributed by atoms with Crippen LogP contribution >= 0.6 is 0 Å². The normalized spacial score (nSPS) is 11.6. The van der Waals surface area contributed by atoms with Gasteiger partial charge in [-0.05, 0) is 16.3 Å². The van der Waals surface area contributed by atoms with Gasteiger partial charge < -0.3 is 0 Å². The third-order valence-electron chi connectivity index (χ3n) is 2.82. The van der Waals surface area contributed by atoms with Gasteiger partial charge in [0.25, 0.3) is 6.08 Å². The first kappa shape index (κ1) is 13.5. The van der Waals surface area contributed by atoms with Crippen molar-refractivity contribution in [3.63, 3.8) is 0 Å². The second-order valence-corrected chi connectivity index (χ2v) is 4.05. The van der Waals surface area contributed by atoms with Crippen molar-refractivity contribution >= 4 is 10.8 Å². The minimum atomic E-state index is -5.02. The molecule has 0 N–H and O–H groups in total. The highest BCUT2D eigenvalue weighted by Crippen LogP contribution is 2.33. The molecule has 19 heavy (non-hydrogen) atoms. The molecule has 0 aromatic heterocycles. The first-order valence-electron chi connectivity index (χ1n) is 5.47. The summed E-state index contributed by atoms with van der Waals surface area (Å²) in [7, 11) is 0. The van der Waals surface area contributed by atoms with Gasteiger partial charge in [0.1, 0.15) is 5.57 Å². The van der Waals surface area contributed by atoms with E-state index in [-0.39, 0.29) is 5.56 Å². The topological polar surface area (TPSA) is 0 Å². The van der Waals surface area contributed by atoms with Gasteiger partial charge in [-0.3, -0.25) is 0 Å². The summed E-state index contributed by atoms with van der Waals surface area (Å²) in [5.41, 5.74) is -1.55. The Bertz CT molecular complexity index is 616. The highest BCUT2D eigenvalue weighted by Gasteiger charge is 2.37. The predicted molar refractivity (Wildman–Crippen MR) is 62.9 cm³/mol. The number of fused-ring (bicyclic) bond motifs is 1. The molecular weight excluding hydrogens is 263 g/mol. The van der Waals surface area contributed by atoms with E-state index in [1.165, 1.54) is 6.07 Å². The molecule has 0 aliphatic rings.